The number of aromatic carboxylic acids is 1. The Balaban J connectivity index is 2.92. The Morgan fingerprint density at radius 2 is 2.14 bits per heavy atom. The maximum absolute atomic E-state index is 10.5. The van der Waals surface area contributed by atoms with Crippen molar-refractivity contribution in [3.05, 3.63) is 12.0 Å². The largest absolute Gasteiger partial charge is 0.476 e. The summed E-state index contributed by atoms with van der Waals surface area (Å²) in [5.41, 5.74) is -0.225. The minimum absolute atomic E-state index is 0.0731. The molecule has 0 aromatic carbocycles. The average Bonchev–Trinajstić information content (AvgIpc) is 2.48. The van der Waals surface area contributed by atoms with Crippen molar-refractivity contribution in [2.75, 3.05) is 11.9 Å². The van der Waals surface area contributed by atoms with Crippen molar-refractivity contribution in [2.24, 2.45) is 0 Å². The van der Waals surface area contributed by atoms with Crippen molar-refractivity contribution in [1.82, 2.24) is 4.98 Å². The molecule has 14 heavy (non-hydrogen) atoms. The lowest BCUT2D eigenvalue weighted by molar-refractivity contribution is 0.0690. The summed E-state index contributed by atoms with van der Waals surface area (Å²) in [6.45, 7) is 5.95. The summed E-state index contributed by atoms with van der Waals surface area (Å²) in [6.07, 6.45) is 1.14. The standard InChI is InChI=1S/C9H14N2O3/c1-9(2,3)11(4)8-10-6(5-14-8)7(12)13/h5H,1-4H3,(H,12,13). The van der Waals surface area contributed by atoms with Crippen LogP contribution in [0.5, 0.6) is 0 Å². The number of carboxylic acid groups (broad SMARTS) is 1. The van der Waals surface area contributed by atoms with E-state index in [1.807, 2.05) is 20.8 Å². The van der Waals surface area contributed by atoms with Gasteiger partial charge in [-0.1, -0.05) is 0 Å². The number of anilines is 1. The molecule has 0 amide bonds. The second kappa shape index (κ2) is 3.32. The summed E-state index contributed by atoms with van der Waals surface area (Å²) in [7, 11) is 1.80. The van der Waals surface area contributed by atoms with E-state index < -0.39 is 5.97 Å². The van der Waals surface area contributed by atoms with Crippen molar-refractivity contribution in [3.8, 4) is 0 Å². The Morgan fingerprint density at radius 1 is 1.57 bits per heavy atom. The van der Waals surface area contributed by atoms with E-state index in [4.69, 9.17) is 9.52 Å². The summed E-state index contributed by atoms with van der Waals surface area (Å²) in [4.78, 5) is 16.2. The third-order valence-corrected chi connectivity index (χ3v) is 2.00. The molecule has 1 N–H and O–H groups in total. The summed E-state index contributed by atoms with van der Waals surface area (Å²) in [5, 5.41) is 8.64. The van der Waals surface area contributed by atoms with Crippen LogP contribution in [0.4, 0.5) is 6.01 Å². The number of nitrogens with zero attached hydrogens (tertiary/aromatic N) is 2. The Hall–Kier alpha value is -1.52. The third-order valence-electron chi connectivity index (χ3n) is 2.00. The zero-order valence-electron chi connectivity index (χ0n) is 8.74. The second-order valence-corrected chi connectivity index (χ2v) is 4.05. The lowest BCUT2D eigenvalue weighted by Crippen LogP contribution is -2.38. The van der Waals surface area contributed by atoms with E-state index in [0.717, 1.165) is 6.26 Å². The van der Waals surface area contributed by atoms with Crippen LogP contribution in [0.2, 0.25) is 0 Å². The van der Waals surface area contributed by atoms with Crippen molar-refractivity contribution in [2.45, 2.75) is 26.3 Å². The van der Waals surface area contributed by atoms with Crippen LogP contribution in [-0.2, 0) is 0 Å². The number of oxazole rings is 1. The van der Waals surface area contributed by atoms with Crippen LogP contribution >= 0.6 is 0 Å². The Kier molecular flexibility index (Phi) is 2.51. The lowest BCUT2D eigenvalue weighted by Gasteiger charge is -2.30. The van der Waals surface area contributed by atoms with E-state index in [0.29, 0.717) is 6.01 Å². The SMILES string of the molecule is CN(c1nc(C(=O)O)co1)C(C)(C)C. The van der Waals surface area contributed by atoms with E-state index >= 15 is 0 Å². The molecule has 5 nitrogen and oxygen atoms in total. The Morgan fingerprint density at radius 3 is 2.50 bits per heavy atom. The molecule has 1 aromatic rings. The number of rotatable bonds is 2. The fraction of sp³-hybridized carbons (Fsp3) is 0.556. The average molecular weight is 198 g/mol. The number of aromatic nitrogens is 1. The Labute approximate surface area is 82.4 Å². The van der Waals surface area contributed by atoms with E-state index in [1.54, 1.807) is 11.9 Å². The highest BCUT2D eigenvalue weighted by molar-refractivity contribution is 5.85. The molecule has 1 heterocycles. The molecule has 0 spiro atoms. The molecule has 0 atom stereocenters. The van der Waals surface area contributed by atoms with Crippen molar-refractivity contribution >= 4 is 12.0 Å². The molecule has 1 rings (SSSR count). The quantitative estimate of drug-likeness (QED) is 0.781. The van der Waals surface area contributed by atoms with Gasteiger partial charge in [-0.2, -0.15) is 4.98 Å². The summed E-state index contributed by atoms with van der Waals surface area (Å²) >= 11 is 0. The predicted octanol–water partition coefficient (Wildman–Crippen LogP) is 1.61. The first-order chi connectivity index (χ1) is 6.32. The highest BCUT2D eigenvalue weighted by Gasteiger charge is 2.22. The maximum Gasteiger partial charge on any atom is 0.357 e. The van der Waals surface area contributed by atoms with Crippen molar-refractivity contribution in [1.29, 1.82) is 0 Å². The molecule has 0 saturated carbocycles. The van der Waals surface area contributed by atoms with Crippen LogP contribution in [0.25, 0.3) is 0 Å². The van der Waals surface area contributed by atoms with Gasteiger partial charge in [0.05, 0.1) is 0 Å². The van der Waals surface area contributed by atoms with E-state index in [9.17, 15) is 4.79 Å². The first kappa shape index (κ1) is 10.6. The van der Waals surface area contributed by atoms with Gasteiger partial charge in [-0.15, -0.1) is 0 Å². The Bertz CT molecular complexity index is 338. The monoisotopic (exact) mass is 198 g/mol. The molecule has 0 aliphatic heterocycles. The highest BCUT2D eigenvalue weighted by Crippen LogP contribution is 2.20. The van der Waals surface area contributed by atoms with Crippen LogP contribution in [0, 0.1) is 0 Å². The molecule has 78 valence electrons. The number of hydrogen-bond donors (Lipinski definition) is 1. The van der Waals surface area contributed by atoms with Gasteiger partial charge in [-0.25, -0.2) is 4.79 Å². The summed E-state index contributed by atoms with van der Waals surface area (Å²) in [6, 6.07) is 0.315. The summed E-state index contributed by atoms with van der Waals surface area (Å²) in [5.74, 6) is -1.08. The molecule has 0 aliphatic carbocycles. The zero-order chi connectivity index (χ0) is 10.9. The zero-order valence-corrected chi connectivity index (χ0v) is 8.74. The van der Waals surface area contributed by atoms with E-state index in [1.165, 1.54) is 0 Å². The van der Waals surface area contributed by atoms with E-state index in [-0.39, 0.29) is 11.2 Å². The first-order valence-electron chi connectivity index (χ1n) is 4.25. The first-order valence-corrected chi connectivity index (χ1v) is 4.25. The molecule has 0 unspecified atom stereocenters. The molecule has 1 aromatic heterocycles. The minimum Gasteiger partial charge on any atom is -0.476 e. The minimum atomic E-state index is -1.08. The van der Waals surface area contributed by atoms with Gasteiger partial charge in [0.15, 0.2) is 5.69 Å². The maximum atomic E-state index is 10.5. The van der Waals surface area contributed by atoms with Gasteiger partial charge in [0, 0.05) is 12.6 Å². The molecular formula is C9H14N2O3. The normalized spacial score (nSPS) is 11.4. The van der Waals surface area contributed by atoms with Gasteiger partial charge in [0.2, 0.25) is 0 Å². The van der Waals surface area contributed by atoms with Gasteiger partial charge in [-0.05, 0) is 20.8 Å². The van der Waals surface area contributed by atoms with E-state index in [2.05, 4.69) is 4.98 Å². The second-order valence-electron chi connectivity index (χ2n) is 4.05. The van der Waals surface area contributed by atoms with Crippen LogP contribution in [0.3, 0.4) is 0 Å². The predicted molar refractivity (Wildman–Crippen MR) is 51.6 cm³/mol. The van der Waals surface area contributed by atoms with Crippen molar-refractivity contribution in [3.63, 3.8) is 0 Å². The number of hydrogen-bond acceptors (Lipinski definition) is 4. The molecule has 0 bridgehead atoms. The topological polar surface area (TPSA) is 66.6 Å². The lowest BCUT2D eigenvalue weighted by atomic mass is 10.1. The van der Waals surface area contributed by atoms with Crippen LogP contribution in [0.1, 0.15) is 31.3 Å². The van der Waals surface area contributed by atoms with Gasteiger partial charge in [0.25, 0.3) is 6.01 Å². The number of carbonyl (C=O) groups is 1. The molecule has 0 aliphatic rings. The van der Waals surface area contributed by atoms with Crippen LogP contribution in [-0.4, -0.2) is 28.6 Å². The van der Waals surface area contributed by atoms with Crippen LogP contribution < -0.4 is 4.90 Å². The van der Waals surface area contributed by atoms with Crippen LogP contribution in [0.15, 0.2) is 10.7 Å². The van der Waals surface area contributed by atoms with Gasteiger partial charge < -0.3 is 14.4 Å². The number of carboxylic acids is 1. The fourth-order valence-electron chi connectivity index (χ4n) is 0.803. The van der Waals surface area contributed by atoms with Gasteiger partial charge in [-0.3, -0.25) is 0 Å². The molecule has 0 fully saturated rings. The smallest absolute Gasteiger partial charge is 0.357 e. The van der Waals surface area contributed by atoms with Gasteiger partial charge >= 0.3 is 5.97 Å². The molecule has 0 saturated heterocycles. The van der Waals surface area contributed by atoms with Crippen molar-refractivity contribution < 1.29 is 14.3 Å². The molecular weight excluding hydrogens is 184 g/mol. The summed E-state index contributed by atoms with van der Waals surface area (Å²) < 4.78 is 5.05. The fourth-order valence-corrected chi connectivity index (χ4v) is 0.803. The van der Waals surface area contributed by atoms with Gasteiger partial charge in [0.1, 0.15) is 6.26 Å². The highest BCUT2D eigenvalue weighted by atomic mass is 16.4. The molecule has 0 radical (unpaired) electrons. The third kappa shape index (κ3) is 2.04. The molecule has 5 heteroatoms.